The van der Waals surface area contributed by atoms with E-state index in [0.29, 0.717) is 17.4 Å². The first-order chi connectivity index (χ1) is 21.7. The van der Waals surface area contributed by atoms with Crippen molar-refractivity contribution in [2.24, 2.45) is 0 Å². The molecule has 2 aliphatic rings. The molecule has 7 heteroatoms. The lowest BCUT2D eigenvalue weighted by Gasteiger charge is -2.22. The quantitative estimate of drug-likeness (QED) is 0.209. The lowest BCUT2D eigenvalue weighted by Crippen LogP contribution is -2.23. The molecule has 3 aromatic rings. The fourth-order valence-electron chi connectivity index (χ4n) is 3.42. The number of carboxylic acids is 1. The molecule has 3 N–H and O–H groups in total. The number of allylic oxidation sites excluding steroid dienone is 2. The summed E-state index contributed by atoms with van der Waals surface area (Å²) in [6.07, 6.45) is 8.30. The Labute approximate surface area is 284 Å². The molecule has 0 fully saturated rings. The first-order valence-corrected chi connectivity index (χ1v) is 15.7. The van der Waals surface area contributed by atoms with Crippen LogP contribution in [0.1, 0.15) is 105 Å². The number of fused-ring (bicyclic) bond motifs is 2. The van der Waals surface area contributed by atoms with Gasteiger partial charge < -0.3 is 25.2 Å². The van der Waals surface area contributed by atoms with Crippen molar-refractivity contribution in [1.29, 1.82) is 0 Å². The third kappa shape index (κ3) is 18.2. The van der Waals surface area contributed by atoms with Crippen molar-refractivity contribution in [3.63, 3.8) is 0 Å². The Hall–Kier alpha value is -4.62. The molecule has 7 nitrogen and oxygen atoms in total. The highest BCUT2D eigenvalue weighted by molar-refractivity contribution is 5.94. The third-order valence-electron chi connectivity index (χ3n) is 5.86. The summed E-state index contributed by atoms with van der Waals surface area (Å²) >= 11 is 0. The highest BCUT2D eigenvalue weighted by atomic mass is 16.5. The van der Waals surface area contributed by atoms with Gasteiger partial charge in [-0.15, -0.1) is 0 Å². The maximum atomic E-state index is 10.8. The van der Waals surface area contributed by atoms with Crippen molar-refractivity contribution in [3.05, 3.63) is 113 Å². The van der Waals surface area contributed by atoms with Gasteiger partial charge in [0.2, 0.25) is 0 Å². The number of phenolic OH excluding ortho intramolecular Hbond substituents is 1. The Balaban J connectivity index is -0.000000258. The van der Waals surface area contributed by atoms with Crippen LogP contribution in [0.15, 0.2) is 96.1 Å². The number of aliphatic carboxylic acids is 1. The Morgan fingerprint density at radius 3 is 1.51 bits per heavy atom. The zero-order valence-electron chi connectivity index (χ0n) is 29.4. The van der Waals surface area contributed by atoms with E-state index in [-0.39, 0.29) is 30.9 Å². The van der Waals surface area contributed by atoms with Crippen LogP contribution in [0.25, 0.3) is 12.2 Å². The molecule has 0 amide bonds. The van der Waals surface area contributed by atoms with Crippen LogP contribution < -0.4 is 9.47 Å². The third-order valence-corrected chi connectivity index (χ3v) is 5.86. The van der Waals surface area contributed by atoms with Gasteiger partial charge in [0.05, 0.1) is 11.1 Å². The Kier molecular flexibility index (Phi) is 31.5. The summed E-state index contributed by atoms with van der Waals surface area (Å²) in [6, 6.07) is 21.9. The van der Waals surface area contributed by atoms with Gasteiger partial charge in [-0.3, -0.25) is 4.79 Å². The van der Waals surface area contributed by atoms with Crippen LogP contribution >= 0.6 is 0 Å². The van der Waals surface area contributed by atoms with Crippen molar-refractivity contribution in [2.45, 2.75) is 95.8 Å². The maximum absolute atomic E-state index is 10.8. The molecule has 5 rings (SSSR count). The van der Waals surface area contributed by atoms with E-state index in [9.17, 15) is 9.59 Å². The van der Waals surface area contributed by atoms with Gasteiger partial charge in [-0.1, -0.05) is 110 Å². The van der Waals surface area contributed by atoms with E-state index in [1.807, 2.05) is 110 Å². The van der Waals surface area contributed by atoms with E-state index in [1.165, 1.54) is 17.2 Å². The molecule has 2 aliphatic heterocycles. The molecule has 3 aromatic carbocycles. The summed E-state index contributed by atoms with van der Waals surface area (Å²) in [5, 5.41) is 17.8. The van der Waals surface area contributed by atoms with Gasteiger partial charge >= 0.3 is 5.97 Å². The number of ether oxygens (including phenoxy) is 2. The predicted octanol–water partition coefficient (Wildman–Crippen LogP) is 11.1. The van der Waals surface area contributed by atoms with Crippen molar-refractivity contribution in [1.82, 2.24) is 0 Å². The lowest BCUT2D eigenvalue weighted by atomic mass is 10.0. The van der Waals surface area contributed by atoms with Crippen molar-refractivity contribution in [2.75, 3.05) is 0 Å². The molecule has 0 aliphatic carbocycles. The summed E-state index contributed by atoms with van der Waals surface area (Å²) in [4.78, 5) is 20.9. The van der Waals surface area contributed by atoms with E-state index >= 15 is 0 Å². The second kappa shape index (κ2) is 30.1. The average Bonchev–Trinajstić information content (AvgIpc) is 3.08. The summed E-state index contributed by atoms with van der Waals surface area (Å²) in [7, 11) is 0. The topological polar surface area (TPSA) is 123 Å². The molecule has 2 heterocycles. The number of carboxylic acid groups (broad SMARTS) is 1. The van der Waals surface area contributed by atoms with Crippen LogP contribution in [-0.4, -0.2) is 40.2 Å². The lowest BCUT2D eigenvalue weighted by molar-refractivity contribution is -0.133. The molecule has 2 unspecified atom stereocenters. The molecule has 0 aromatic heterocycles. The van der Waals surface area contributed by atoms with Crippen molar-refractivity contribution in [3.8, 4) is 17.2 Å². The van der Waals surface area contributed by atoms with E-state index in [4.69, 9.17) is 19.7 Å². The molecule has 0 bridgehead atoms. The first-order valence-electron chi connectivity index (χ1n) is 15.7. The number of carbonyl (C=O) groups excluding carboxylic acids is 1. The highest BCUT2D eigenvalue weighted by Crippen LogP contribution is 2.29. The average molecular weight is 652 g/mol. The SMILES string of the molecule is C.C/C=C/C.CC.CC.CC.CC1=Cc2ccccc2OC1C.CC1Oc2ccccc2C=C1C(=O)O.O=Cc1ccccc1O.[OH-]. The minimum atomic E-state index is -0.924. The molecular formula is C40H59O7-. The standard InChI is InChI=1S/C11H10O3.C11H12O.C7H6O2.C4H8.3C2H6.CH4.H2O/c1-7-9(11(12)13)6-8-4-2-3-5-10(8)14-7;1-8-7-10-5-3-4-6-11(10)12-9(8)2;8-5-6-3-1-2-4-7(6)9;1-3-4-2;3*1-2;;/h2-7H,1H3,(H,12,13);3-7,9H,1-2H3;1-5,9H;3-4H,1-2H3;3*1-2H3;1H4;1H2/p-1/b;;;4-3+;;;;;. The van der Waals surface area contributed by atoms with Crippen LogP contribution in [0, 0.1) is 0 Å². The van der Waals surface area contributed by atoms with Crippen molar-refractivity contribution >= 4 is 24.4 Å². The predicted molar refractivity (Wildman–Crippen MR) is 199 cm³/mol. The number of hydrogen-bond acceptors (Lipinski definition) is 6. The summed E-state index contributed by atoms with van der Waals surface area (Å²) in [5.41, 5.74) is 3.92. The van der Waals surface area contributed by atoms with Crippen LogP contribution in [0.2, 0.25) is 0 Å². The number of benzene rings is 3. The number of aromatic hydroxyl groups is 1. The fraction of sp³-hybridized carbons (Fsp3) is 0.350. The van der Waals surface area contributed by atoms with E-state index in [2.05, 4.69) is 26.0 Å². The number of rotatable bonds is 2. The monoisotopic (exact) mass is 651 g/mol. The maximum Gasteiger partial charge on any atom is 0.335 e. The summed E-state index contributed by atoms with van der Waals surface area (Å²) in [5.74, 6) is 0.847. The first kappa shape index (κ1) is 49.3. The van der Waals surface area contributed by atoms with Gasteiger partial charge in [0.25, 0.3) is 0 Å². The van der Waals surface area contributed by atoms with Gasteiger partial charge in [-0.25, -0.2) is 4.79 Å². The minimum Gasteiger partial charge on any atom is -0.870 e. The Morgan fingerprint density at radius 1 is 0.702 bits per heavy atom. The minimum absolute atomic E-state index is 0. The number of hydrogen-bond donors (Lipinski definition) is 2. The van der Waals surface area contributed by atoms with Crippen molar-refractivity contribution < 1.29 is 34.8 Å². The fourth-order valence-corrected chi connectivity index (χ4v) is 3.42. The molecule has 262 valence electrons. The molecular weight excluding hydrogens is 592 g/mol. The van der Waals surface area contributed by atoms with Gasteiger partial charge in [-0.2, -0.15) is 0 Å². The molecule has 0 spiro atoms. The van der Waals surface area contributed by atoms with Crippen LogP contribution in [0.4, 0.5) is 0 Å². The van der Waals surface area contributed by atoms with Gasteiger partial charge in [0, 0.05) is 11.1 Å². The normalized spacial score (nSPS) is 13.9. The summed E-state index contributed by atoms with van der Waals surface area (Å²) < 4.78 is 11.1. The number of carbonyl (C=O) groups is 2. The van der Waals surface area contributed by atoms with Gasteiger partial charge in [-0.05, 0) is 76.6 Å². The van der Waals surface area contributed by atoms with Crippen LogP contribution in [0.5, 0.6) is 17.2 Å². The second-order valence-corrected chi connectivity index (χ2v) is 8.73. The number of phenols is 1. The van der Waals surface area contributed by atoms with Gasteiger partial charge in [0.1, 0.15) is 29.5 Å². The van der Waals surface area contributed by atoms with Gasteiger partial charge in [0.15, 0.2) is 6.29 Å². The molecule has 0 radical (unpaired) electrons. The second-order valence-electron chi connectivity index (χ2n) is 8.73. The van der Waals surface area contributed by atoms with E-state index < -0.39 is 5.97 Å². The Morgan fingerprint density at radius 2 is 1.11 bits per heavy atom. The number of aldehydes is 1. The highest BCUT2D eigenvalue weighted by Gasteiger charge is 2.23. The smallest absolute Gasteiger partial charge is 0.335 e. The largest absolute Gasteiger partial charge is 0.870 e. The Bertz CT molecular complexity index is 1340. The van der Waals surface area contributed by atoms with Crippen LogP contribution in [-0.2, 0) is 4.79 Å². The zero-order chi connectivity index (χ0) is 34.8. The zero-order valence-corrected chi connectivity index (χ0v) is 29.4. The number of para-hydroxylation sites is 3. The summed E-state index contributed by atoms with van der Waals surface area (Å²) in [6.45, 7) is 21.9. The molecule has 0 saturated heterocycles. The van der Waals surface area contributed by atoms with E-state index in [0.717, 1.165) is 17.1 Å². The van der Waals surface area contributed by atoms with E-state index in [1.54, 1.807) is 31.2 Å². The van der Waals surface area contributed by atoms with Crippen LogP contribution in [0.3, 0.4) is 0 Å². The molecule has 2 atom stereocenters. The molecule has 47 heavy (non-hydrogen) atoms. The molecule has 0 saturated carbocycles.